The van der Waals surface area contributed by atoms with Crippen molar-refractivity contribution >= 4 is 63.8 Å². The van der Waals surface area contributed by atoms with Gasteiger partial charge in [0, 0.05) is 21.9 Å². The van der Waals surface area contributed by atoms with Crippen molar-refractivity contribution in [3.05, 3.63) is 34.9 Å². The van der Waals surface area contributed by atoms with Gasteiger partial charge in [0.25, 0.3) is 0 Å². The van der Waals surface area contributed by atoms with Gasteiger partial charge >= 0.3 is 11.9 Å². The minimum absolute atomic E-state index is 0.0604. The predicted octanol–water partition coefficient (Wildman–Crippen LogP) is -0.142. The Bertz CT molecular complexity index is 1350. The molecular weight excluding hydrogens is 594 g/mol. The van der Waals surface area contributed by atoms with E-state index in [1.165, 1.54) is 5.57 Å². The number of aliphatic hydroxyl groups excluding tert-OH is 3. The second-order valence-electron chi connectivity index (χ2n) is 16.8. The highest BCUT2D eigenvalue weighted by Crippen LogP contribution is 2.76. The molecule has 13 heteroatoms. The van der Waals surface area contributed by atoms with Crippen LogP contribution >= 0.6 is 12.6 Å². The molecular formula is C33H53B5O7S. The molecule has 5 rings (SSSR count). The first-order valence-electron chi connectivity index (χ1n) is 17.4. The quantitative estimate of drug-likeness (QED) is 0.108. The summed E-state index contributed by atoms with van der Waals surface area (Å²) < 4.78 is 11.4. The van der Waals surface area contributed by atoms with Crippen LogP contribution in [0.1, 0.15) is 72.6 Å². The largest absolute Gasteiger partial charge is 0.454 e. The van der Waals surface area contributed by atoms with E-state index in [1.807, 2.05) is 7.85 Å². The Kier molecular flexibility index (Phi) is 9.58. The Morgan fingerprint density at radius 3 is 2.02 bits per heavy atom. The smallest absolute Gasteiger partial charge is 0.333 e. The lowest BCUT2D eigenvalue weighted by molar-refractivity contribution is -0.226. The molecule has 0 aromatic heterocycles. The third kappa shape index (κ3) is 5.19. The van der Waals surface area contributed by atoms with E-state index in [9.17, 15) is 24.9 Å². The fraction of sp³-hybridized carbons (Fsp3) is 0.758. The number of thiol groups is 1. The summed E-state index contributed by atoms with van der Waals surface area (Å²) in [5.74, 6) is -0.552. The number of ether oxygens (including phenoxy) is 2. The summed E-state index contributed by atoms with van der Waals surface area (Å²) in [5, 5.41) is 34.6. The number of esters is 2. The zero-order chi connectivity index (χ0) is 34.2. The third-order valence-electron chi connectivity index (χ3n) is 14.3. The van der Waals surface area contributed by atoms with Gasteiger partial charge in [0.05, 0.1) is 18.1 Å². The van der Waals surface area contributed by atoms with E-state index in [1.54, 1.807) is 39.8 Å². The van der Waals surface area contributed by atoms with Crippen molar-refractivity contribution in [1.82, 2.24) is 0 Å². The summed E-state index contributed by atoms with van der Waals surface area (Å²) in [4.78, 5) is 26.6. The first-order valence-corrected chi connectivity index (χ1v) is 17.9. The van der Waals surface area contributed by atoms with Gasteiger partial charge < -0.3 is 24.8 Å². The van der Waals surface area contributed by atoms with Crippen molar-refractivity contribution in [2.24, 2.45) is 29.1 Å². The van der Waals surface area contributed by atoms with Crippen LogP contribution in [-0.2, 0) is 19.1 Å². The number of fused-ring (bicyclic) bond motifs is 7. The molecule has 0 spiro atoms. The lowest BCUT2D eigenvalue weighted by atomic mass is 9.24. The number of hydrogen-bond acceptors (Lipinski definition) is 8. The standard InChI is InChI=1S/C33H53B5O7S/c1-5-16(3)27(42)44-25-26(45-28(43)17(4)6-2)32(36,46)14-20-18-7-8-21-30(34,19(18)13-24(41)29(20,25)15-39)11-9-22-31(21,35)12-10-23(40)33(22,37)38/h5-7,19-26,39-41,46H,8-15,34-38H2,1-4H3/b16-5-,17-6-/t19?,20?,21?,22?,23-,24+,25-,26-,29-,30+,31-,32+/m0/s1. The molecule has 3 N–H and O–H groups in total. The van der Waals surface area contributed by atoms with Crippen molar-refractivity contribution in [2.75, 3.05) is 6.61 Å². The second kappa shape index (κ2) is 12.2. The Morgan fingerprint density at radius 2 is 1.46 bits per heavy atom. The second-order valence-corrected chi connectivity index (χ2v) is 17.8. The van der Waals surface area contributed by atoms with Crippen molar-refractivity contribution in [2.45, 2.75) is 118 Å². The molecule has 0 aromatic carbocycles. The molecule has 5 aliphatic carbocycles. The van der Waals surface area contributed by atoms with Crippen molar-refractivity contribution in [1.29, 1.82) is 0 Å². The van der Waals surface area contributed by atoms with E-state index in [2.05, 4.69) is 37.5 Å². The molecule has 0 aromatic rings. The van der Waals surface area contributed by atoms with Gasteiger partial charge in [-0.05, 0) is 82.4 Å². The number of aliphatic hydroxyl groups is 3. The van der Waals surface area contributed by atoms with Crippen molar-refractivity contribution in [3.63, 3.8) is 0 Å². The molecule has 4 unspecified atom stereocenters. The molecule has 12 atom stereocenters. The number of hydrogen-bond donors (Lipinski definition) is 4. The summed E-state index contributed by atoms with van der Waals surface area (Å²) in [7, 11) is 11.2. The molecule has 0 heterocycles. The number of carbonyl (C=O) groups is 2. The highest BCUT2D eigenvalue weighted by Gasteiger charge is 2.70. The Morgan fingerprint density at radius 1 is 0.891 bits per heavy atom. The summed E-state index contributed by atoms with van der Waals surface area (Å²) in [6, 6.07) is 0. The lowest BCUT2D eigenvalue weighted by Gasteiger charge is -2.70. The van der Waals surface area contributed by atoms with E-state index in [0.29, 0.717) is 35.8 Å². The number of allylic oxidation sites excluding steroid dienone is 4. The minimum atomic E-state index is -1.27. The molecule has 248 valence electrons. The fourth-order valence-electron chi connectivity index (χ4n) is 11.2. The van der Waals surface area contributed by atoms with E-state index >= 15 is 0 Å². The van der Waals surface area contributed by atoms with Crippen LogP contribution in [0.5, 0.6) is 0 Å². The topological polar surface area (TPSA) is 113 Å². The molecule has 0 radical (unpaired) electrons. The number of rotatable bonds is 5. The minimum Gasteiger partial charge on any atom is -0.454 e. The number of carbonyl (C=O) groups excluding carboxylic acids is 2. The van der Waals surface area contributed by atoms with E-state index in [0.717, 1.165) is 32.1 Å². The van der Waals surface area contributed by atoms with Crippen LogP contribution in [0, 0.1) is 29.1 Å². The van der Waals surface area contributed by atoms with Gasteiger partial charge in [-0.3, -0.25) is 0 Å². The maximum Gasteiger partial charge on any atom is 0.333 e. The summed E-state index contributed by atoms with van der Waals surface area (Å²) in [6.07, 6.45) is 7.86. The van der Waals surface area contributed by atoms with E-state index in [-0.39, 0.29) is 33.8 Å². The molecule has 46 heavy (non-hydrogen) atoms. The Hall–Kier alpha value is -1.29. The van der Waals surface area contributed by atoms with Gasteiger partial charge in [-0.1, -0.05) is 53.6 Å². The van der Waals surface area contributed by atoms with Gasteiger partial charge in [0.2, 0.25) is 0 Å². The summed E-state index contributed by atoms with van der Waals surface area (Å²) in [6.45, 7) is 6.42. The average Bonchev–Trinajstić information content (AvgIpc) is 2.99. The van der Waals surface area contributed by atoms with Crippen LogP contribution in [0.4, 0.5) is 0 Å². The SMILES string of the molecule is BC1(B)C2CC[C@@]3(B)C4C[C@@H](O)[C@]5(CO)C(C[C@@](B)(S)[C@@H](OC(=O)/C(C)=C\C)[C@@H]5OC(=O)/C(C)=C\C)C4=CCC3[C@@]2(B)CC[C@@H]1O. The van der Waals surface area contributed by atoms with Crippen LogP contribution in [0.2, 0.25) is 15.8 Å². The molecule has 0 aliphatic heterocycles. The van der Waals surface area contributed by atoms with Crippen LogP contribution in [0.3, 0.4) is 0 Å². The molecule has 0 amide bonds. The first-order chi connectivity index (χ1) is 21.4. The fourth-order valence-corrected chi connectivity index (χ4v) is 11.6. The average molecular weight is 648 g/mol. The maximum absolute atomic E-state index is 13.4. The highest BCUT2D eigenvalue weighted by atomic mass is 32.1. The normalized spacial score (nSPS) is 46.8. The molecule has 0 saturated heterocycles. The van der Waals surface area contributed by atoms with Gasteiger partial charge in [0.15, 0.2) is 6.10 Å². The van der Waals surface area contributed by atoms with Crippen LogP contribution in [-0.4, -0.2) is 102 Å². The zero-order valence-electron chi connectivity index (χ0n) is 29.4. The van der Waals surface area contributed by atoms with E-state index < -0.39 is 46.9 Å². The van der Waals surface area contributed by atoms with Crippen LogP contribution in [0.15, 0.2) is 34.9 Å². The van der Waals surface area contributed by atoms with E-state index in [4.69, 9.17) is 22.1 Å². The third-order valence-corrected chi connectivity index (χ3v) is 14.7. The summed E-state index contributed by atoms with van der Waals surface area (Å²) in [5.41, 5.74) is 0.754. The first kappa shape index (κ1) is 36.0. The van der Waals surface area contributed by atoms with Gasteiger partial charge in [-0.15, -0.1) is 0 Å². The molecule has 5 aliphatic rings. The van der Waals surface area contributed by atoms with Gasteiger partial charge in [0.1, 0.15) is 45.3 Å². The molecule has 4 fully saturated rings. The van der Waals surface area contributed by atoms with Crippen molar-refractivity contribution < 1.29 is 34.4 Å². The zero-order valence-corrected chi connectivity index (χ0v) is 30.3. The summed E-state index contributed by atoms with van der Waals surface area (Å²) >= 11 is 5.12. The Labute approximate surface area is 285 Å². The lowest BCUT2D eigenvalue weighted by Crippen LogP contribution is -2.71. The van der Waals surface area contributed by atoms with Gasteiger partial charge in [-0.2, -0.15) is 12.6 Å². The molecule has 7 nitrogen and oxygen atoms in total. The monoisotopic (exact) mass is 648 g/mol. The predicted molar refractivity (Wildman–Crippen MR) is 197 cm³/mol. The van der Waals surface area contributed by atoms with Crippen LogP contribution < -0.4 is 0 Å². The molecule has 4 saturated carbocycles. The van der Waals surface area contributed by atoms with Gasteiger partial charge in [-0.25, -0.2) is 9.59 Å². The Balaban J connectivity index is 1.61. The van der Waals surface area contributed by atoms with Crippen LogP contribution in [0.25, 0.3) is 0 Å². The highest BCUT2D eigenvalue weighted by molar-refractivity contribution is 7.83. The van der Waals surface area contributed by atoms with Crippen molar-refractivity contribution in [3.8, 4) is 0 Å². The molecule has 0 bridgehead atoms. The maximum atomic E-state index is 13.4.